The van der Waals surface area contributed by atoms with Gasteiger partial charge in [0.1, 0.15) is 17.4 Å². The van der Waals surface area contributed by atoms with Gasteiger partial charge in [0, 0.05) is 18.3 Å². The summed E-state index contributed by atoms with van der Waals surface area (Å²) >= 11 is 0. The maximum absolute atomic E-state index is 13.1. The maximum Gasteiger partial charge on any atom is 0.278 e. The molecule has 2 aliphatic heterocycles. The molecule has 3 heterocycles. The fraction of sp³-hybridized carbons (Fsp3) is 0.250. The quantitative estimate of drug-likeness (QED) is 0.775. The highest BCUT2D eigenvalue weighted by atomic mass is 19.1. The van der Waals surface area contributed by atoms with Crippen LogP contribution in [0.15, 0.2) is 35.6 Å². The molecule has 1 aromatic heterocycles. The second-order valence-corrected chi connectivity index (χ2v) is 5.74. The van der Waals surface area contributed by atoms with Gasteiger partial charge < -0.3 is 4.84 Å². The zero-order chi connectivity index (χ0) is 17.0. The van der Waals surface area contributed by atoms with Crippen molar-refractivity contribution >= 4 is 23.2 Å². The highest BCUT2D eigenvalue weighted by Crippen LogP contribution is 2.35. The fourth-order valence-electron chi connectivity index (χ4n) is 3.00. The average molecular weight is 328 g/mol. The number of oxime groups is 1. The molecule has 0 radical (unpaired) electrons. The molecule has 1 fully saturated rings. The predicted molar refractivity (Wildman–Crippen MR) is 81.7 cm³/mol. The highest BCUT2D eigenvalue weighted by Gasteiger charge is 2.56. The number of hydrogen-bond donors (Lipinski definition) is 0. The van der Waals surface area contributed by atoms with Crippen molar-refractivity contribution in [1.82, 2.24) is 9.78 Å². The number of carbonyl (C=O) groups excluding carboxylic acids is 2. The number of aromatic nitrogens is 2. The Morgan fingerprint density at radius 2 is 1.88 bits per heavy atom. The molecule has 2 aliphatic rings. The Balaban J connectivity index is 1.72. The molecule has 4 rings (SSSR count). The van der Waals surface area contributed by atoms with E-state index in [2.05, 4.69) is 10.3 Å². The number of aryl methyl sites for hydroxylation is 1. The van der Waals surface area contributed by atoms with E-state index in [1.165, 1.54) is 24.3 Å². The molecule has 1 aromatic carbocycles. The SMILES string of the molecule is Cc1c(C2=NO[C@H]3C(=O)N(c4ccc(F)cc4)C(=O)[C@@H]23)cnn1C. The number of imide groups is 1. The minimum atomic E-state index is -0.989. The smallest absolute Gasteiger partial charge is 0.278 e. The van der Waals surface area contributed by atoms with Gasteiger partial charge in [-0.2, -0.15) is 5.10 Å². The summed E-state index contributed by atoms with van der Waals surface area (Å²) in [5, 5.41) is 8.08. The van der Waals surface area contributed by atoms with Gasteiger partial charge in [-0.1, -0.05) is 5.16 Å². The van der Waals surface area contributed by atoms with Gasteiger partial charge in [-0.25, -0.2) is 9.29 Å². The topological polar surface area (TPSA) is 76.8 Å². The highest BCUT2D eigenvalue weighted by molar-refractivity contribution is 6.32. The van der Waals surface area contributed by atoms with Crippen molar-refractivity contribution < 1.29 is 18.8 Å². The van der Waals surface area contributed by atoms with Crippen LogP contribution < -0.4 is 4.90 Å². The largest absolute Gasteiger partial charge is 0.381 e. The molecule has 0 spiro atoms. The first kappa shape index (κ1) is 14.6. The zero-order valence-corrected chi connectivity index (χ0v) is 12.9. The summed E-state index contributed by atoms with van der Waals surface area (Å²) < 4.78 is 14.7. The van der Waals surface area contributed by atoms with E-state index in [-0.39, 0.29) is 0 Å². The number of benzene rings is 1. The lowest BCUT2D eigenvalue weighted by Crippen LogP contribution is -2.33. The third-order valence-electron chi connectivity index (χ3n) is 4.41. The molecule has 2 amide bonds. The van der Waals surface area contributed by atoms with Crippen LogP contribution in [-0.4, -0.2) is 33.4 Å². The molecule has 0 unspecified atom stereocenters. The van der Waals surface area contributed by atoms with Gasteiger partial charge in [-0.3, -0.25) is 14.3 Å². The van der Waals surface area contributed by atoms with Crippen LogP contribution in [0.25, 0.3) is 0 Å². The van der Waals surface area contributed by atoms with Crippen LogP contribution in [0.3, 0.4) is 0 Å². The van der Waals surface area contributed by atoms with Crippen molar-refractivity contribution in [3.05, 3.63) is 47.5 Å². The van der Waals surface area contributed by atoms with Gasteiger partial charge in [0.15, 0.2) is 0 Å². The normalized spacial score (nSPS) is 22.6. The van der Waals surface area contributed by atoms with Crippen molar-refractivity contribution in [2.75, 3.05) is 4.90 Å². The van der Waals surface area contributed by atoms with E-state index in [1.807, 2.05) is 6.92 Å². The van der Waals surface area contributed by atoms with Crippen LogP contribution in [0, 0.1) is 18.7 Å². The lowest BCUT2D eigenvalue weighted by Gasteiger charge is -2.15. The minimum absolute atomic E-state index is 0.312. The molecular weight excluding hydrogens is 315 g/mol. The Morgan fingerprint density at radius 1 is 1.17 bits per heavy atom. The maximum atomic E-state index is 13.1. The van der Waals surface area contributed by atoms with E-state index < -0.39 is 29.7 Å². The molecule has 2 atom stereocenters. The van der Waals surface area contributed by atoms with Crippen LogP contribution in [0.4, 0.5) is 10.1 Å². The number of fused-ring (bicyclic) bond motifs is 1. The molecular formula is C16H13FN4O3. The van der Waals surface area contributed by atoms with E-state index >= 15 is 0 Å². The minimum Gasteiger partial charge on any atom is -0.381 e. The molecule has 8 heteroatoms. The molecule has 0 N–H and O–H groups in total. The van der Waals surface area contributed by atoms with Crippen LogP contribution in [0.1, 0.15) is 11.3 Å². The van der Waals surface area contributed by atoms with E-state index in [0.29, 0.717) is 17.0 Å². The zero-order valence-electron chi connectivity index (χ0n) is 12.9. The number of nitrogens with zero attached hydrogens (tertiary/aromatic N) is 4. The van der Waals surface area contributed by atoms with Gasteiger partial charge in [-0.15, -0.1) is 0 Å². The number of amides is 2. The van der Waals surface area contributed by atoms with Crippen LogP contribution in [0.5, 0.6) is 0 Å². The van der Waals surface area contributed by atoms with Gasteiger partial charge in [-0.05, 0) is 31.2 Å². The van der Waals surface area contributed by atoms with Gasteiger partial charge in [0.05, 0.1) is 11.9 Å². The first-order valence-corrected chi connectivity index (χ1v) is 7.35. The second kappa shape index (κ2) is 4.98. The number of hydrogen-bond acceptors (Lipinski definition) is 5. The lowest BCUT2D eigenvalue weighted by molar-refractivity contribution is -0.126. The Labute approximate surface area is 136 Å². The summed E-state index contributed by atoms with van der Waals surface area (Å²) in [7, 11) is 1.78. The third-order valence-corrected chi connectivity index (χ3v) is 4.41. The number of anilines is 1. The van der Waals surface area contributed by atoms with Crippen LogP contribution in [0.2, 0.25) is 0 Å². The van der Waals surface area contributed by atoms with E-state index in [9.17, 15) is 14.0 Å². The predicted octanol–water partition coefficient (Wildman–Crippen LogP) is 1.16. The summed E-state index contributed by atoms with van der Waals surface area (Å²) in [6, 6.07) is 5.17. The standard InChI is InChI=1S/C16H13FN4O3/c1-8-11(7-18-20(8)2)13-12-14(24-19-13)16(23)21(15(12)22)10-5-3-9(17)4-6-10/h3-7,12,14H,1-2H3/t12-,14+/m0/s1. The Hall–Kier alpha value is -3.03. The summed E-state index contributed by atoms with van der Waals surface area (Å²) in [6.45, 7) is 1.84. The number of carbonyl (C=O) groups is 2. The summed E-state index contributed by atoms with van der Waals surface area (Å²) in [4.78, 5) is 31.6. The van der Waals surface area contributed by atoms with Crippen molar-refractivity contribution in [2.45, 2.75) is 13.0 Å². The fourth-order valence-corrected chi connectivity index (χ4v) is 3.00. The number of halogens is 1. The second-order valence-electron chi connectivity index (χ2n) is 5.74. The Morgan fingerprint density at radius 3 is 2.50 bits per heavy atom. The molecule has 0 bridgehead atoms. The van der Waals surface area contributed by atoms with E-state index in [1.54, 1.807) is 17.9 Å². The third kappa shape index (κ3) is 1.89. The Bertz CT molecular complexity index is 887. The lowest BCUT2D eigenvalue weighted by atomic mass is 9.94. The van der Waals surface area contributed by atoms with Gasteiger partial charge >= 0.3 is 0 Å². The van der Waals surface area contributed by atoms with Crippen molar-refractivity contribution in [3.63, 3.8) is 0 Å². The Kier molecular flexibility index (Phi) is 3.02. The molecule has 7 nitrogen and oxygen atoms in total. The summed E-state index contributed by atoms with van der Waals surface area (Å²) in [5.74, 6) is -2.19. The first-order chi connectivity index (χ1) is 11.5. The van der Waals surface area contributed by atoms with Crippen LogP contribution in [-0.2, 0) is 21.5 Å². The molecule has 122 valence electrons. The molecule has 24 heavy (non-hydrogen) atoms. The summed E-state index contributed by atoms with van der Waals surface area (Å²) in [6.07, 6.45) is 0.607. The van der Waals surface area contributed by atoms with Crippen LogP contribution >= 0.6 is 0 Å². The molecule has 0 aliphatic carbocycles. The summed E-state index contributed by atoms with van der Waals surface area (Å²) in [5.41, 5.74) is 2.20. The monoisotopic (exact) mass is 328 g/mol. The number of rotatable bonds is 2. The van der Waals surface area contributed by atoms with Crippen molar-refractivity contribution in [2.24, 2.45) is 18.1 Å². The van der Waals surface area contributed by atoms with E-state index in [4.69, 9.17) is 4.84 Å². The van der Waals surface area contributed by atoms with E-state index in [0.717, 1.165) is 10.6 Å². The van der Waals surface area contributed by atoms with Crippen molar-refractivity contribution in [1.29, 1.82) is 0 Å². The van der Waals surface area contributed by atoms with Gasteiger partial charge in [0.2, 0.25) is 12.0 Å². The van der Waals surface area contributed by atoms with Gasteiger partial charge in [0.25, 0.3) is 5.91 Å². The molecule has 0 saturated carbocycles. The first-order valence-electron chi connectivity index (χ1n) is 7.35. The molecule has 2 aromatic rings. The van der Waals surface area contributed by atoms with Crippen molar-refractivity contribution in [3.8, 4) is 0 Å². The molecule has 1 saturated heterocycles. The average Bonchev–Trinajstić information content (AvgIpc) is 3.20.